The van der Waals surface area contributed by atoms with Crippen molar-refractivity contribution >= 4 is 27.3 Å². The van der Waals surface area contributed by atoms with Crippen LogP contribution in [0.4, 0.5) is 0 Å². The number of hydrogen-bond donors (Lipinski definition) is 4. The average Bonchev–Trinajstić information content (AvgIpc) is 2.85. The number of nitrogens with zero attached hydrogens (tertiary/aromatic N) is 1. The lowest BCUT2D eigenvalue weighted by atomic mass is 9.97. The zero-order valence-electron chi connectivity index (χ0n) is 13.7. The van der Waals surface area contributed by atoms with Crippen LogP contribution in [-0.4, -0.2) is 57.7 Å². The largest absolute Gasteiger partial charge is 0.756 e. The summed E-state index contributed by atoms with van der Waals surface area (Å²) >= 11 is 3.62. The zero-order valence-corrected chi connectivity index (χ0v) is 16.3. The van der Waals surface area contributed by atoms with Gasteiger partial charge in [-0.25, -0.2) is 4.79 Å². The third kappa shape index (κ3) is 5.12. The van der Waals surface area contributed by atoms with Crippen LogP contribution in [0.15, 0.2) is 21.9 Å². The molecule has 13 nitrogen and oxygen atoms in total. The number of hydrogen-bond acceptors (Lipinski definition) is 10. The van der Waals surface area contributed by atoms with E-state index < -0.39 is 63.6 Å². The number of rotatable bonds is 8. The molecule has 0 aliphatic carbocycles. The number of aliphatic hydroxyl groups excluding tert-OH is 1. The fourth-order valence-corrected chi connectivity index (χ4v) is 3.83. The Morgan fingerprint density at radius 3 is 2.70 bits per heavy atom. The van der Waals surface area contributed by atoms with E-state index in [-0.39, 0.29) is 0 Å². The number of aliphatic hydroxyl groups is 1. The smallest absolute Gasteiger partial charge is 0.582 e. The number of aromatic amines is 1. The Morgan fingerprint density at radius 1 is 1.56 bits per heavy atom. The van der Waals surface area contributed by atoms with Crippen molar-refractivity contribution in [1.82, 2.24) is 9.55 Å². The molecule has 0 bridgehead atoms. The van der Waals surface area contributed by atoms with E-state index in [0.29, 0.717) is 0 Å². The summed E-state index contributed by atoms with van der Waals surface area (Å²) in [5.74, 6) is 0. The SMILES string of the molecule is CO[C@H]1[C@H](n2ccc(=O)[nH]c2=O)O[C@](CO)(COP(=O)([O-])O)[C@H]1O[P+](=O)S. The third-order valence-electron chi connectivity index (χ3n) is 3.79. The summed E-state index contributed by atoms with van der Waals surface area (Å²) < 4.78 is 43.6. The molecule has 3 N–H and O–H groups in total. The Morgan fingerprint density at radius 2 is 2.22 bits per heavy atom. The Kier molecular flexibility index (Phi) is 7.14. The van der Waals surface area contributed by atoms with E-state index in [2.05, 4.69) is 16.8 Å². The van der Waals surface area contributed by atoms with Crippen molar-refractivity contribution in [3.05, 3.63) is 33.1 Å². The van der Waals surface area contributed by atoms with Crippen LogP contribution in [0.3, 0.4) is 0 Å². The second kappa shape index (κ2) is 8.62. The van der Waals surface area contributed by atoms with Crippen molar-refractivity contribution in [2.24, 2.45) is 0 Å². The second-order valence-electron chi connectivity index (χ2n) is 5.45. The van der Waals surface area contributed by atoms with Crippen LogP contribution >= 0.6 is 27.3 Å². The molecule has 0 aromatic carbocycles. The number of methoxy groups -OCH3 is 1. The van der Waals surface area contributed by atoms with Crippen LogP contribution in [-0.2, 0) is 27.7 Å². The van der Waals surface area contributed by atoms with E-state index in [4.69, 9.17) is 18.9 Å². The summed E-state index contributed by atoms with van der Waals surface area (Å²) in [5.41, 5.74) is -3.58. The quantitative estimate of drug-likeness (QED) is 0.262. The molecule has 1 saturated heterocycles. The molecule has 1 aromatic rings. The number of H-pyrrole nitrogens is 1. The molecule has 1 aliphatic rings. The monoisotopic (exact) mass is 446 g/mol. The number of phosphoric ester groups is 1. The summed E-state index contributed by atoms with van der Waals surface area (Å²) in [7, 11) is -6.61. The fourth-order valence-electron chi connectivity index (χ4n) is 2.64. The van der Waals surface area contributed by atoms with Crippen LogP contribution in [0.5, 0.6) is 0 Å². The van der Waals surface area contributed by atoms with Gasteiger partial charge in [-0.3, -0.25) is 18.9 Å². The van der Waals surface area contributed by atoms with Crippen molar-refractivity contribution < 1.29 is 42.5 Å². The second-order valence-corrected chi connectivity index (χ2v) is 8.32. The van der Waals surface area contributed by atoms with Gasteiger partial charge >= 0.3 is 12.9 Å². The van der Waals surface area contributed by atoms with E-state index >= 15 is 0 Å². The summed E-state index contributed by atoms with van der Waals surface area (Å²) in [5, 5.41) is 9.81. The van der Waals surface area contributed by atoms with Gasteiger partial charge in [0, 0.05) is 19.4 Å². The van der Waals surface area contributed by atoms with E-state index in [1.807, 2.05) is 4.98 Å². The molecule has 1 fully saturated rings. The van der Waals surface area contributed by atoms with Crippen molar-refractivity contribution in [1.29, 1.82) is 0 Å². The fraction of sp³-hybridized carbons (Fsp3) is 0.636. The average molecular weight is 446 g/mol. The molecule has 1 aromatic heterocycles. The van der Waals surface area contributed by atoms with Gasteiger partial charge in [-0.2, -0.15) is 0 Å². The van der Waals surface area contributed by atoms with Gasteiger partial charge in [-0.15, -0.1) is 4.52 Å². The lowest BCUT2D eigenvalue weighted by Gasteiger charge is -2.31. The van der Waals surface area contributed by atoms with E-state index in [9.17, 15) is 28.7 Å². The molecule has 2 heterocycles. The highest BCUT2D eigenvalue weighted by Gasteiger charge is 2.61. The molecule has 16 heteroatoms. The first-order valence-electron chi connectivity index (χ1n) is 7.17. The van der Waals surface area contributed by atoms with Crippen LogP contribution in [0.1, 0.15) is 6.23 Å². The molecule has 2 rings (SSSR count). The van der Waals surface area contributed by atoms with Crippen LogP contribution in [0.25, 0.3) is 0 Å². The predicted molar refractivity (Wildman–Crippen MR) is 89.3 cm³/mol. The van der Waals surface area contributed by atoms with Crippen LogP contribution in [0.2, 0.25) is 0 Å². The maximum absolute atomic E-state index is 12.1. The van der Waals surface area contributed by atoms with Crippen LogP contribution < -0.4 is 16.1 Å². The Hall–Kier alpha value is -0.920. The van der Waals surface area contributed by atoms with Gasteiger partial charge in [-0.1, -0.05) is 0 Å². The van der Waals surface area contributed by atoms with Gasteiger partial charge in [0.15, 0.2) is 17.9 Å². The van der Waals surface area contributed by atoms with Crippen molar-refractivity contribution in [3.63, 3.8) is 0 Å². The molecule has 27 heavy (non-hydrogen) atoms. The highest BCUT2D eigenvalue weighted by molar-refractivity contribution is 8.39. The predicted octanol–water partition coefficient (Wildman–Crippen LogP) is -1.74. The molecule has 6 atom stereocenters. The van der Waals surface area contributed by atoms with Gasteiger partial charge in [-0.05, 0) is 4.57 Å². The first kappa shape index (κ1) is 22.4. The van der Waals surface area contributed by atoms with E-state index in [1.54, 1.807) is 0 Å². The summed E-state index contributed by atoms with van der Waals surface area (Å²) in [4.78, 5) is 45.1. The van der Waals surface area contributed by atoms with Crippen molar-refractivity contribution in [3.8, 4) is 0 Å². The topological polar surface area (TPSA) is 189 Å². The summed E-state index contributed by atoms with van der Waals surface area (Å²) in [6.07, 6.45) is -2.90. The van der Waals surface area contributed by atoms with Gasteiger partial charge < -0.3 is 28.9 Å². The molecular weight excluding hydrogens is 430 g/mol. The number of aromatic nitrogens is 2. The van der Waals surface area contributed by atoms with Crippen molar-refractivity contribution in [2.45, 2.75) is 24.0 Å². The highest BCUT2D eigenvalue weighted by atomic mass is 32.7. The Labute approximate surface area is 157 Å². The maximum Gasteiger partial charge on any atom is 0.582 e. The van der Waals surface area contributed by atoms with Crippen molar-refractivity contribution in [2.75, 3.05) is 20.3 Å². The lowest BCUT2D eigenvalue weighted by Crippen LogP contribution is -2.51. The summed E-state index contributed by atoms with van der Waals surface area (Å²) in [6, 6.07) is 1.02. The van der Waals surface area contributed by atoms with Gasteiger partial charge in [0.2, 0.25) is 0 Å². The highest BCUT2D eigenvalue weighted by Crippen LogP contribution is 2.46. The standard InChI is InChI=1S/C11H16N2O11P2S/c1-21-7-8(24-25(17)27)11(4-14,5-22-26(18,19)20)23-9(7)13-3-2-6(15)12-10(13)16/h2-3,7-9,14H,4-5H2,1H3,(H3-,12,15,16,17,18,19,20,27)/t7-,8+,9-,11-/m1/s1. The molecule has 0 amide bonds. The molecule has 2 unspecified atom stereocenters. The first-order chi connectivity index (χ1) is 12.5. The molecule has 0 saturated carbocycles. The number of phosphoric acid groups is 1. The normalized spacial score (nSPS) is 30.9. The minimum Gasteiger partial charge on any atom is -0.756 e. The molecular formula is C11H16N2O11P2S. The lowest BCUT2D eigenvalue weighted by molar-refractivity contribution is -0.229. The minimum atomic E-state index is -5.22. The molecule has 152 valence electrons. The number of nitrogens with one attached hydrogen (secondary N) is 1. The number of thiol groups is 1. The molecule has 0 spiro atoms. The van der Waals surface area contributed by atoms with Crippen LogP contribution in [0, 0.1) is 0 Å². The number of ether oxygens (including phenoxy) is 2. The summed E-state index contributed by atoms with van der Waals surface area (Å²) in [6.45, 7) is -1.88. The van der Waals surface area contributed by atoms with E-state index in [0.717, 1.165) is 16.8 Å². The Balaban J connectivity index is 2.51. The van der Waals surface area contributed by atoms with Gasteiger partial charge in [0.05, 0.1) is 13.2 Å². The third-order valence-corrected chi connectivity index (χ3v) is 4.94. The zero-order chi connectivity index (χ0) is 20.4. The minimum absolute atomic E-state index is 0.682. The van der Waals surface area contributed by atoms with E-state index in [1.165, 1.54) is 7.11 Å². The van der Waals surface area contributed by atoms with Gasteiger partial charge in [0.25, 0.3) is 13.4 Å². The molecule has 1 aliphatic heterocycles. The molecule has 0 radical (unpaired) electrons. The Bertz CT molecular complexity index is 853. The maximum atomic E-state index is 12.1. The van der Waals surface area contributed by atoms with Gasteiger partial charge in [0.1, 0.15) is 18.4 Å². The first-order valence-corrected chi connectivity index (χ1v) is 11.0.